The van der Waals surface area contributed by atoms with Gasteiger partial charge in [0.05, 0.1) is 30.3 Å². The highest BCUT2D eigenvalue weighted by Crippen LogP contribution is 2.25. The van der Waals surface area contributed by atoms with Gasteiger partial charge in [0.1, 0.15) is 6.10 Å². The number of sulfonamides is 1. The van der Waals surface area contributed by atoms with Crippen molar-refractivity contribution in [2.45, 2.75) is 38.3 Å². The molecule has 0 saturated heterocycles. The maximum absolute atomic E-state index is 11.6. The fraction of sp³-hybridized carbons (Fsp3) is 0.474. The fourth-order valence-electron chi connectivity index (χ4n) is 2.53. The number of pyridine rings is 1. The summed E-state index contributed by atoms with van der Waals surface area (Å²) in [5.74, 6) is -5.46. The number of hydrogen-bond acceptors (Lipinski definition) is 7. The summed E-state index contributed by atoms with van der Waals surface area (Å²) in [6.45, 7) is 2.98. The summed E-state index contributed by atoms with van der Waals surface area (Å²) in [6.07, 6.45) is -5.97. The number of nitrogens with one attached hydrogen (secondary N) is 1. The number of ether oxygens (including phenoxy) is 1. The summed E-state index contributed by atoms with van der Waals surface area (Å²) in [5.41, 5.74) is 2.84. The lowest BCUT2D eigenvalue weighted by molar-refractivity contribution is -0.193. The minimum atomic E-state index is -5.08. The second-order valence-corrected chi connectivity index (χ2v) is 9.12. The van der Waals surface area contributed by atoms with Gasteiger partial charge in [-0.25, -0.2) is 22.7 Å². The number of carbonyl (C=O) groups is 2. The Labute approximate surface area is 206 Å². The van der Waals surface area contributed by atoms with Crippen LogP contribution in [0.1, 0.15) is 30.0 Å². The van der Waals surface area contributed by atoms with Gasteiger partial charge in [-0.1, -0.05) is 6.07 Å². The molecule has 0 spiro atoms. The van der Waals surface area contributed by atoms with Gasteiger partial charge in [0.2, 0.25) is 10.0 Å². The number of aliphatic carboxylic acids is 2. The summed E-state index contributed by atoms with van der Waals surface area (Å²) in [6, 6.07) is 5.77. The standard InChI is InChI=1S/C15H20N4O3S.2C2HF3O2/c1-2-23(20,21)17-9-14-15-12(6-8-22-14)10-19(18-15)11-13-5-3-4-7-16-13;2*3-2(4,5)1(6)7/h3-5,7,10,14,17H,2,6,8-9,11H2,1H3;2*(H,6,7). The van der Waals surface area contributed by atoms with Crippen LogP contribution >= 0.6 is 0 Å². The first-order valence-corrected chi connectivity index (χ1v) is 11.8. The van der Waals surface area contributed by atoms with Gasteiger partial charge < -0.3 is 14.9 Å². The summed E-state index contributed by atoms with van der Waals surface area (Å²) in [5, 5.41) is 18.8. The van der Waals surface area contributed by atoms with Gasteiger partial charge >= 0.3 is 24.3 Å². The maximum Gasteiger partial charge on any atom is 0.490 e. The predicted molar refractivity (Wildman–Crippen MR) is 113 cm³/mol. The number of aromatic nitrogens is 3. The van der Waals surface area contributed by atoms with Crippen molar-refractivity contribution < 1.29 is 59.3 Å². The zero-order valence-corrected chi connectivity index (χ0v) is 19.8. The van der Waals surface area contributed by atoms with Crippen LogP contribution in [0.4, 0.5) is 26.3 Å². The molecule has 0 saturated carbocycles. The van der Waals surface area contributed by atoms with Crippen LogP contribution in [-0.4, -0.2) is 76.6 Å². The molecular formula is C19H22F6N4O7S. The lowest BCUT2D eigenvalue weighted by Gasteiger charge is -2.22. The van der Waals surface area contributed by atoms with E-state index in [4.69, 9.17) is 24.5 Å². The predicted octanol–water partition coefficient (Wildman–Crippen LogP) is 2.15. The molecule has 1 atom stereocenters. The van der Waals surface area contributed by atoms with Gasteiger partial charge in [-0.15, -0.1) is 0 Å². The molecule has 37 heavy (non-hydrogen) atoms. The first kappa shape index (κ1) is 31.8. The van der Waals surface area contributed by atoms with Gasteiger partial charge in [-0.05, 0) is 31.0 Å². The molecule has 1 aliphatic heterocycles. The Morgan fingerprint density at radius 2 is 1.70 bits per heavy atom. The number of rotatable bonds is 6. The van der Waals surface area contributed by atoms with E-state index in [2.05, 4.69) is 14.8 Å². The van der Waals surface area contributed by atoms with Crippen LogP contribution in [0.2, 0.25) is 0 Å². The number of fused-ring (bicyclic) bond motifs is 1. The SMILES string of the molecule is CCS(=O)(=O)NCC1OCCc2cn(Cc3ccccn3)nc21.O=C(O)C(F)(F)F.O=C(O)C(F)(F)F. The molecule has 3 heterocycles. The van der Waals surface area contributed by atoms with Crippen LogP contribution in [0.3, 0.4) is 0 Å². The molecule has 0 bridgehead atoms. The largest absolute Gasteiger partial charge is 0.490 e. The number of hydrogen-bond donors (Lipinski definition) is 3. The molecule has 2 aromatic heterocycles. The number of nitrogens with zero attached hydrogens (tertiary/aromatic N) is 3. The highest BCUT2D eigenvalue weighted by molar-refractivity contribution is 7.89. The summed E-state index contributed by atoms with van der Waals surface area (Å²) >= 11 is 0. The monoisotopic (exact) mass is 564 g/mol. The average molecular weight is 564 g/mol. The van der Waals surface area contributed by atoms with Crippen LogP contribution in [0.5, 0.6) is 0 Å². The molecule has 2 aromatic rings. The van der Waals surface area contributed by atoms with Gasteiger partial charge in [0, 0.05) is 18.9 Å². The summed E-state index contributed by atoms with van der Waals surface area (Å²) in [7, 11) is -3.24. The fourth-order valence-corrected chi connectivity index (χ4v) is 3.14. The molecule has 0 amide bonds. The molecule has 208 valence electrons. The van der Waals surface area contributed by atoms with Crippen molar-refractivity contribution in [2.75, 3.05) is 18.9 Å². The van der Waals surface area contributed by atoms with Crippen LogP contribution < -0.4 is 4.72 Å². The highest BCUT2D eigenvalue weighted by Gasteiger charge is 2.38. The zero-order chi connectivity index (χ0) is 28.4. The van der Waals surface area contributed by atoms with Crippen molar-refractivity contribution in [3.63, 3.8) is 0 Å². The van der Waals surface area contributed by atoms with Crippen molar-refractivity contribution in [3.8, 4) is 0 Å². The molecule has 11 nitrogen and oxygen atoms in total. The Kier molecular flexibility index (Phi) is 11.5. The Bertz CT molecular complexity index is 1110. The van der Waals surface area contributed by atoms with E-state index in [1.54, 1.807) is 13.1 Å². The third kappa shape index (κ3) is 11.6. The first-order valence-electron chi connectivity index (χ1n) is 10.1. The first-order chi connectivity index (χ1) is 17.0. The molecule has 1 aliphatic rings. The van der Waals surface area contributed by atoms with E-state index in [0.29, 0.717) is 13.2 Å². The van der Waals surface area contributed by atoms with E-state index < -0.39 is 34.3 Å². The van der Waals surface area contributed by atoms with Crippen molar-refractivity contribution >= 4 is 22.0 Å². The van der Waals surface area contributed by atoms with E-state index in [1.165, 1.54) is 0 Å². The Morgan fingerprint density at radius 1 is 1.14 bits per heavy atom. The molecule has 0 radical (unpaired) electrons. The average Bonchev–Trinajstić information content (AvgIpc) is 3.21. The minimum absolute atomic E-state index is 0.0562. The van der Waals surface area contributed by atoms with E-state index in [0.717, 1.165) is 23.4 Å². The molecule has 18 heteroatoms. The lowest BCUT2D eigenvalue weighted by atomic mass is 10.1. The topological polar surface area (TPSA) is 161 Å². The second-order valence-electron chi connectivity index (χ2n) is 7.03. The van der Waals surface area contributed by atoms with Gasteiger partial charge in [-0.3, -0.25) is 9.67 Å². The zero-order valence-electron chi connectivity index (χ0n) is 19.0. The van der Waals surface area contributed by atoms with Crippen LogP contribution in [0.15, 0.2) is 30.6 Å². The van der Waals surface area contributed by atoms with Crippen LogP contribution in [0, 0.1) is 0 Å². The smallest absolute Gasteiger partial charge is 0.475 e. The number of alkyl halides is 6. The molecular weight excluding hydrogens is 542 g/mol. The third-order valence-corrected chi connectivity index (χ3v) is 5.64. The third-order valence-electron chi connectivity index (χ3n) is 4.27. The van der Waals surface area contributed by atoms with Crippen LogP contribution in [-0.2, 0) is 37.3 Å². The minimum Gasteiger partial charge on any atom is -0.475 e. The van der Waals surface area contributed by atoms with Crippen molar-refractivity contribution in [1.29, 1.82) is 0 Å². The van der Waals surface area contributed by atoms with Gasteiger partial charge in [0.25, 0.3) is 0 Å². The molecule has 0 fully saturated rings. The van der Waals surface area contributed by atoms with E-state index in [9.17, 15) is 34.8 Å². The number of carboxylic acid groups (broad SMARTS) is 2. The second kappa shape index (κ2) is 13.3. The van der Waals surface area contributed by atoms with Gasteiger partial charge in [0.15, 0.2) is 0 Å². The normalized spacial score (nSPS) is 15.4. The Balaban J connectivity index is 0.000000404. The van der Waals surface area contributed by atoms with E-state index >= 15 is 0 Å². The number of carboxylic acids is 2. The van der Waals surface area contributed by atoms with Crippen molar-refractivity contribution in [1.82, 2.24) is 19.5 Å². The van der Waals surface area contributed by atoms with Crippen molar-refractivity contribution in [3.05, 3.63) is 47.5 Å². The van der Waals surface area contributed by atoms with Crippen molar-refractivity contribution in [2.24, 2.45) is 0 Å². The lowest BCUT2D eigenvalue weighted by Crippen LogP contribution is -2.32. The Morgan fingerprint density at radius 3 is 2.16 bits per heavy atom. The van der Waals surface area contributed by atoms with E-state index in [-0.39, 0.29) is 18.4 Å². The number of halogens is 6. The van der Waals surface area contributed by atoms with E-state index in [1.807, 2.05) is 29.1 Å². The summed E-state index contributed by atoms with van der Waals surface area (Å²) < 4.78 is 96.8. The molecule has 0 aromatic carbocycles. The quantitative estimate of drug-likeness (QED) is 0.447. The molecule has 3 N–H and O–H groups in total. The molecule has 0 aliphatic carbocycles. The molecule has 3 rings (SSSR count). The van der Waals surface area contributed by atoms with Gasteiger partial charge in [-0.2, -0.15) is 31.4 Å². The van der Waals surface area contributed by atoms with Crippen LogP contribution in [0.25, 0.3) is 0 Å². The molecule has 1 unspecified atom stereocenters. The Hall–Kier alpha value is -3.25. The maximum atomic E-state index is 11.6. The summed E-state index contributed by atoms with van der Waals surface area (Å²) in [4.78, 5) is 22.1. The highest BCUT2D eigenvalue weighted by atomic mass is 32.2.